The van der Waals surface area contributed by atoms with Gasteiger partial charge in [0.25, 0.3) is 0 Å². The molecular weight excluding hydrogens is 350 g/mol. The summed E-state index contributed by atoms with van der Waals surface area (Å²) in [6.45, 7) is 2.95. The molecule has 2 fully saturated rings. The second kappa shape index (κ2) is 8.11. The third-order valence-corrected chi connectivity index (χ3v) is 6.01. The van der Waals surface area contributed by atoms with Crippen molar-refractivity contribution in [1.29, 1.82) is 0 Å². The Morgan fingerprint density at radius 1 is 1.08 bits per heavy atom. The van der Waals surface area contributed by atoms with Crippen LogP contribution < -0.4 is 10.9 Å². The number of likely N-dealkylation sites (tertiary alicyclic amines) is 1. The van der Waals surface area contributed by atoms with E-state index in [-0.39, 0.29) is 12.6 Å². The number of aliphatic hydroxyl groups is 1. The highest BCUT2D eigenvalue weighted by Gasteiger charge is 2.33. The number of hydrogen-bond acceptors (Lipinski definition) is 5. The molecule has 6 heteroatoms. The first-order valence-corrected chi connectivity index (χ1v) is 9.77. The maximum absolute atomic E-state index is 9.11. The van der Waals surface area contributed by atoms with Crippen LogP contribution in [0.1, 0.15) is 42.4 Å². The fourth-order valence-corrected chi connectivity index (χ4v) is 4.45. The summed E-state index contributed by atoms with van der Waals surface area (Å²) in [5.74, 6) is 2.25. The standard InChI is InChI=1S/C20H26ClN3O2/c21-18-4-2-1-3-17(18)20-11-19(22-23-20)14-7-9-24(10-8-14)12-15-5-6-16(13-25)26-15/h1-6,14,19-20,22-23,25H,7-13H2. The molecule has 26 heavy (non-hydrogen) atoms. The molecule has 0 saturated carbocycles. The summed E-state index contributed by atoms with van der Waals surface area (Å²) in [5.41, 5.74) is 8.12. The van der Waals surface area contributed by atoms with Crippen molar-refractivity contribution in [3.05, 3.63) is 58.5 Å². The Kier molecular flexibility index (Phi) is 5.62. The molecule has 4 rings (SSSR count). The summed E-state index contributed by atoms with van der Waals surface area (Å²) >= 11 is 6.35. The fraction of sp³-hybridized carbons (Fsp3) is 0.500. The van der Waals surface area contributed by atoms with Crippen LogP contribution in [0, 0.1) is 5.92 Å². The monoisotopic (exact) mass is 375 g/mol. The predicted molar refractivity (Wildman–Crippen MR) is 102 cm³/mol. The molecule has 0 amide bonds. The summed E-state index contributed by atoms with van der Waals surface area (Å²) in [7, 11) is 0. The summed E-state index contributed by atoms with van der Waals surface area (Å²) < 4.78 is 5.61. The van der Waals surface area contributed by atoms with Crippen LogP contribution in [0.3, 0.4) is 0 Å². The largest absolute Gasteiger partial charge is 0.462 e. The average Bonchev–Trinajstić information content (AvgIpc) is 3.32. The summed E-state index contributed by atoms with van der Waals surface area (Å²) in [5, 5.41) is 9.94. The normalized spacial score (nSPS) is 25.0. The molecule has 3 heterocycles. The van der Waals surface area contributed by atoms with Gasteiger partial charge in [0, 0.05) is 17.1 Å². The van der Waals surface area contributed by atoms with Gasteiger partial charge in [-0.05, 0) is 62.0 Å². The molecule has 5 nitrogen and oxygen atoms in total. The lowest BCUT2D eigenvalue weighted by atomic mass is 9.86. The Morgan fingerprint density at radius 2 is 1.85 bits per heavy atom. The Morgan fingerprint density at radius 3 is 2.58 bits per heavy atom. The molecule has 1 aromatic heterocycles. The van der Waals surface area contributed by atoms with Crippen LogP contribution in [0.15, 0.2) is 40.8 Å². The topological polar surface area (TPSA) is 60.7 Å². The third kappa shape index (κ3) is 3.97. The lowest BCUT2D eigenvalue weighted by molar-refractivity contribution is 0.144. The van der Waals surface area contributed by atoms with Crippen LogP contribution in [0.5, 0.6) is 0 Å². The first kappa shape index (κ1) is 18.0. The van der Waals surface area contributed by atoms with E-state index in [1.54, 1.807) is 0 Å². The number of furan rings is 1. The zero-order valence-corrected chi connectivity index (χ0v) is 15.6. The van der Waals surface area contributed by atoms with Crippen molar-refractivity contribution in [1.82, 2.24) is 15.8 Å². The number of hydrogen-bond donors (Lipinski definition) is 3. The number of nitrogens with zero attached hydrogens (tertiary/aromatic N) is 1. The van der Waals surface area contributed by atoms with Gasteiger partial charge in [-0.15, -0.1) is 0 Å². The van der Waals surface area contributed by atoms with Gasteiger partial charge >= 0.3 is 0 Å². The zero-order valence-electron chi connectivity index (χ0n) is 14.8. The number of halogens is 1. The minimum Gasteiger partial charge on any atom is -0.462 e. The molecule has 2 atom stereocenters. The van der Waals surface area contributed by atoms with Crippen LogP contribution in [0.2, 0.25) is 5.02 Å². The van der Waals surface area contributed by atoms with Crippen molar-refractivity contribution >= 4 is 11.6 Å². The molecule has 0 radical (unpaired) electrons. The van der Waals surface area contributed by atoms with Gasteiger partial charge in [-0.1, -0.05) is 29.8 Å². The van der Waals surface area contributed by atoms with Gasteiger partial charge in [-0.3, -0.25) is 10.3 Å². The molecule has 2 aromatic rings. The summed E-state index contributed by atoms with van der Waals surface area (Å²) in [6.07, 6.45) is 3.44. The van der Waals surface area contributed by atoms with Crippen molar-refractivity contribution in [2.24, 2.45) is 5.92 Å². The number of hydrazine groups is 1. The zero-order chi connectivity index (χ0) is 17.9. The predicted octanol–water partition coefficient (Wildman–Crippen LogP) is 3.25. The number of nitrogens with one attached hydrogen (secondary N) is 2. The van der Waals surface area contributed by atoms with Gasteiger partial charge in [0.2, 0.25) is 0 Å². The molecule has 0 spiro atoms. The van der Waals surface area contributed by atoms with Gasteiger partial charge in [-0.25, -0.2) is 5.43 Å². The lowest BCUT2D eigenvalue weighted by Gasteiger charge is -2.34. The van der Waals surface area contributed by atoms with E-state index >= 15 is 0 Å². The fourth-order valence-electron chi connectivity index (χ4n) is 4.18. The minimum atomic E-state index is -0.0327. The molecule has 2 unspecified atom stereocenters. The Labute approximate surface area is 159 Å². The second-order valence-corrected chi connectivity index (χ2v) is 7.75. The first-order valence-electron chi connectivity index (χ1n) is 9.39. The van der Waals surface area contributed by atoms with Crippen LogP contribution in [-0.4, -0.2) is 29.1 Å². The molecule has 2 aliphatic heterocycles. The second-order valence-electron chi connectivity index (χ2n) is 7.34. The van der Waals surface area contributed by atoms with Gasteiger partial charge in [0.15, 0.2) is 0 Å². The van der Waals surface area contributed by atoms with Crippen molar-refractivity contribution in [3.63, 3.8) is 0 Å². The molecule has 0 bridgehead atoms. The van der Waals surface area contributed by atoms with E-state index in [4.69, 9.17) is 21.1 Å². The first-order chi connectivity index (χ1) is 12.7. The van der Waals surface area contributed by atoms with Crippen molar-refractivity contribution in [3.8, 4) is 0 Å². The molecule has 1 aromatic carbocycles. The van der Waals surface area contributed by atoms with Crippen LogP contribution in [0.25, 0.3) is 0 Å². The maximum atomic E-state index is 9.11. The van der Waals surface area contributed by atoms with E-state index in [9.17, 15) is 0 Å². The lowest BCUT2D eigenvalue weighted by Crippen LogP contribution is -2.42. The van der Waals surface area contributed by atoms with E-state index in [1.807, 2.05) is 30.3 Å². The van der Waals surface area contributed by atoms with Crippen molar-refractivity contribution in [2.75, 3.05) is 13.1 Å². The maximum Gasteiger partial charge on any atom is 0.129 e. The van der Waals surface area contributed by atoms with E-state index < -0.39 is 0 Å². The Hall–Kier alpha value is -1.37. The minimum absolute atomic E-state index is 0.0327. The molecule has 2 aliphatic rings. The van der Waals surface area contributed by atoms with E-state index in [0.29, 0.717) is 17.7 Å². The van der Waals surface area contributed by atoms with Gasteiger partial charge in [0.1, 0.15) is 18.1 Å². The van der Waals surface area contributed by atoms with E-state index in [0.717, 1.165) is 36.8 Å². The quantitative estimate of drug-likeness (QED) is 0.748. The summed E-state index contributed by atoms with van der Waals surface area (Å²) in [6, 6.07) is 12.7. The molecule has 3 N–H and O–H groups in total. The van der Waals surface area contributed by atoms with Crippen LogP contribution in [-0.2, 0) is 13.2 Å². The van der Waals surface area contributed by atoms with Crippen molar-refractivity contribution in [2.45, 2.75) is 44.5 Å². The summed E-state index contributed by atoms with van der Waals surface area (Å²) in [4.78, 5) is 2.43. The number of rotatable bonds is 5. The van der Waals surface area contributed by atoms with Gasteiger partial charge in [0.05, 0.1) is 6.54 Å². The number of piperidine rings is 1. The highest BCUT2D eigenvalue weighted by molar-refractivity contribution is 6.31. The number of aliphatic hydroxyl groups excluding tert-OH is 1. The van der Waals surface area contributed by atoms with E-state index in [1.165, 1.54) is 18.4 Å². The van der Waals surface area contributed by atoms with Gasteiger partial charge < -0.3 is 9.52 Å². The third-order valence-electron chi connectivity index (χ3n) is 5.67. The molecule has 2 saturated heterocycles. The molecule has 0 aliphatic carbocycles. The van der Waals surface area contributed by atoms with E-state index in [2.05, 4.69) is 21.8 Å². The molecular formula is C20H26ClN3O2. The van der Waals surface area contributed by atoms with Crippen LogP contribution in [0.4, 0.5) is 0 Å². The average molecular weight is 376 g/mol. The Bertz CT molecular complexity index is 727. The SMILES string of the molecule is OCc1ccc(CN2CCC(C3CC(c4ccccc4Cl)NN3)CC2)o1. The Balaban J connectivity index is 1.28. The number of benzene rings is 1. The smallest absolute Gasteiger partial charge is 0.129 e. The van der Waals surface area contributed by atoms with Gasteiger partial charge in [-0.2, -0.15) is 0 Å². The van der Waals surface area contributed by atoms with Crippen LogP contribution >= 0.6 is 11.6 Å². The highest BCUT2D eigenvalue weighted by atomic mass is 35.5. The molecule has 140 valence electrons. The highest BCUT2D eigenvalue weighted by Crippen LogP contribution is 2.33. The van der Waals surface area contributed by atoms with Crippen molar-refractivity contribution < 1.29 is 9.52 Å².